The molecule has 2 rings (SSSR count). The topological polar surface area (TPSA) is 46.6 Å². The van der Waals surface area contributed by atoms with Crippen LogP contribution < -0.4 is 9.64 Å². The van der Waals surface area contributed by atoms with Crippen molar-refractivity contribution in [3.63, 3.8) is 0 Å². The van der Waals surface area contributed by atoms with Crippen molar-refractivity contribution < 1.29 is 14.3 Å². The average Bonchev–Trinajstić information content (AvgIpc) is 2.49. The number of Topliss-reactive ketones (excluding diaryl/α,β-unsaturated/α-hetero) is 1. The van der Waals surface area contributed by atoms with E-state index in [2.05, 4.69) is 0 Å². The lowest BCUT2D eigenvalue weighted by atomic mass is 10.1. The third kappa shape index (κ3) is 2.95. The van der Waals surface area contributed by atoms with Gasteiger partial charge in [0.05, 0.1) is 18.2 Å². The quantitative estimate of drug-likeness (QED) is 0.838. The predicted molar refractivity (Wildman–Crippen MR) is 73.5 cm³/mol. The van der Waals surface area contributed by atoms with Gasteiger partial charge in [-0.05, 0) is 31.0 Å². The van der Waals surface area contributed by atoms with Crippen molar-refractivity contribution in [1.82, 2.24) is 0 Å². The van der Waals surface area contributed by atoms with Gasteiger partial charge in [0.15, 0.2) is 0 Å². The number of ether oxygens (including phenoxy) is 1. The van der Waals surface area contributed by atoms with E-state index in [1.54, 1.807) is 18.9 Å². The summed E-state index contributed by atoms with van der Waals surface area (Å²) >= 11 is 0. The van der Waals surface area contributed by atoms with Crippen LogP contribution in [0.5, 0.6) is 5.75 Å². The Kier molecular flexibility index (Phi) is 3.88. The second-order valence-corrected chi connectivity index (χ2v) is 5.11. The third-order valence-corrected chi connectivity index (χ3v) is 3.39. The van der Waals surface area contributed by atoms with Crippen LogP contribution in [0, 0.1) is 5.92 Å². The Labute approximate surface area is 113 Å². The summed E-state index contributed by atoms with van der Waals surface area (Å²) in [5, 5.41) is 0. The van der Waals surface area contributed by atoms with E-state index in [0.29, 0.717) is 19.4 Å². The highest BCUT2D eigenvalue weighted by Crippen LogP contribution is 2.32. The molecule has 0 radical (unpaired) electrons. The molecule has 1 amide bonds. The highest BCUT2D eigenvalue weighted by molar-refractivity contribution is 5.96. The molecule has 0 N–H and O–H groups in total. The minimum atomic E-state index is -0.141. The smallest absolute Gasteiger partial charge is 0.233 e. The molecule has 1 atom stereocenters. The first-order chi connectivity index (χ1) is 8.99. The van der Waals surface area contributed by atoms with Gasteiger partial charge in [0, 0.05) is 13.5 Å². The van der Waals surface area contributed by atoms with Gasteiger partial charge in [-0.3, -0.25) is 4.79 Å². The van der Waals surface area contributed by atoms with Crippen molar-refractivity contribution >= 4 is 17.4 Å². The molecule has 0 spiro atoms. The van der Waals surface area contributed by atoms with Crippen LogP contribution in [-0.2, 0) is 16.0 Å². The van der Waals surface area contributed by atoms with Crippen LogP contribution in [0.3, 0.4) is 0 Å². The van der Waals surface area contributed by atoms with Gasteiger partial charge in [-0.1, -0.05) is 13.0 Å². The van der Waals surface area contributed by atoms with E-state index in [4.69, 9.17) is 4.74 Å². The summed E-state index contributed by atoms with van der Waals surface area (Å²) in [7, 11) is 1.76. The molecule has 0 unspecified atom stereocenters. The third-order valence-electron chi connectivity index (χ3n) is 3.39. The number of hydrogen-bond donors (Lipinski definition) is 0. The Morgan fingerprint density at radius 2 is 2.21 bits per heavy atom. The summed E-state index contributed by atoms with van der Waals surface area (Å²) in [6, 6.07) is 5.77. The van der Waals surface area contributed by atoms with E-state index in [-0.39, 0.29) is 17.6 Å². The monoisotopic (exact) mass is 261 g/mol. The molecular formula is C15H19NO3. The van der Waals surface area contributed by atoms with Crippen LogP contribution in [0.2, 0.25) is 0 Å². The van der Waals surface area contributed by atoms with Crippen molar-refractivity contribution in [3.8, 4) is 5.75 Å². The van der Waals surface area contributed by atoms with Crippen molar-refractivity contribution in [2.75, 3.05) is 18.6 Å². The van der Waals surface area contributed by atoms with Crippen LogP contribution in [0.25, 0.3) is 0 Å². The minimum Gasteiger partial charge on any atom is -0.491 e. The van der Waals surface area contributed by atoms with E-state index in [9.17, 15) is 9.59 Å². The SMILES string of the molecule is CC(=O)CCc1ccc2c(c1)N(C)C(=O)[C@@H](C)CO2. The number of anilines is 1. The zero-order chi connectivity index (χ0) is 14.0. The molecule has 0 fully saturated rings. The van der Waals surface area contributed by atoms with E-state index < -0.39 is 0 Å². The molecule has 0 aliphatic carbocycles. The van der Waals surface area contributed by atoms with E-state index in [1.807, 2.05) is 25.1 Å². The summed E-state index contributed by atoms with van der Waals surface area (Å²) < 4.78 is 5.65. The number of fused-ring (bicyclic) bond motifs is 1. The van der Waals surface area contributed by atoms with Gasteiger partial charge in [0.1, 0.15) is 11.5 Å². The summed E-state index contributed by atoms with van der Waals surface area (Å²) in [5.41, 5.74) is 1.84. The molecule has 1 aromatic rings. The summed E-state index contributed by atoms with van der Waals surface area (Å²) in [5.74, 6) is 0.816. The van der Waals surface area contributed by atoms with Crippen molar-refractivity contribution in [1.29, 1.82) is 0 Å². The minimum absolute atomic E-state index is 0.0578. The van der Waals surface area contributed by atoms with Crippen LogP contribution in [-0.4, -0.2) is 25.3 Å². The molecular weight excluding hydrogens is 242 g/mol. The zero-order valence-corrected chi connectivity index (χ0v) is 11.6. The maximum Gasteiger partial charge on any atom is 0.233 e. The molecule has 1 aromatic carbocycles. The van der Waals surface area contributed by atoms with E-state index >= 15 is 0 Å². The average molecular weight is 261 g/mol. The fourth-order valence-electron chi connectivity index (χ4n) is 2.16. The van der Waals surface area contributed by atoms with Gasteiger partial charge in [-0.15, -0.1) is 0 Å². The first kappa shape index (κ1) is 13.6. The van der Waals surface area contributed by atoms with Crippen molar-refractivity contribution in [3.05, 3.63) is 23.8 Å². The fourth-order valence-corrected chi connectivity index (χ4v) is 2.16. The molecule has 102 valence electrons. The Hall–Kier alpha value is -1.84. The van der Waals surface area contributed by atoms with Crippen molar-refractivity contribution in [2.24, 2.45) is 5.92 Å². The lowest BCUT2D eigenvalue weighted by Gasteiger charge is -2.18. The highest BCUT2D eigenvalue weighted by atomic mass is 16.5. The molecule has 4 nitrogen and oxygen atoms in total. The molecule has 19 heavy (non-hydrogen) atoms. The van der Waals surface area contributed by atoms with E-state index in [1.165, 1.54) is 0 Å². The highest BCUT2D eigenvalue weighted by Gasteiger charge is 2.26. The molecule has 1 aliphatic heterocycles. The molecule has 4 heteroatoms. The Morgan fingerprint density at radius 1 is 1.47 bits per heavy atom. The lowest BCUT2D eigenvalue weighted by Crippen LogP contribution is -2.31. The number of aryl methyl sites for hydroxylation is 1. The van der Waals surface area contributed by atoms with Gasteiger partial charge >= 0.3 is 0 Å². The molecule has 1 heterocycles. The number of ketones is 1. The van der Waals surface area contributed by atoms with Crippen LogP contribution in [0.4, 0.5) is 5.69 Å². The first-order valence-electron chi connectivity index (χ1n) is 6.51. The number of carbonyl (C=O) groups is 2. The maximum absolute atomic E-state index is 12.1. The Bertz CT molecular complexity index is 510. The number of hydrogen-bond acceptors (Lipinski definition) is 3. The molecule has 1 aliphatic rings. The van der Waals surface area contributed by atoms with E-state index in [0.717, 1.165) is 17.0 Å². The predicted octanol–water partition coefficient (Wildman–Crippen LogP) is 2.20. The van der Waals surface area contributed by atoms with Crippen LogP contribution in [0.15, 0.2) is 18.2 Å². The number of amides is 1. The van der Waals surface area contributed by atoms with Gasteiger partial charge < -0.3 is 14.4 Å². The lowest BCUT2D eigenvalue weighted by molar-refractivity contribution is -0.122. The van der Waals surface area contributed by atoms with Gasteiger partial charge in [-0.2, -0.15) is 0 Å². The van der Waals surface area contributed by atoms with Crippen LogP contribution in [0.1, 0.15) is 25.8 Å². The molecule has 0 saturated carbocycles. The first-order valence-corrected chi connectivity index (χ1v) is 6.51. The second kappa shape index (κ2) is 5.43. The summed E-state index contributed by atoms with van der Waals surface area (Å²) in [6.07, 6.45) is 1.22. The van der Waals surface area contributed by atoms with Gasteiger partial charge in [-0.25, -0.2) is 0 Å². The second-order valence-electron chi connectivity index (χ2n) is 5.11. The van der Waals surface area contributed by atoms with Crippen molar-refractivity contribution in [2.45, 2.75) is 26.7 Å². The Morgan fingerprint density at radius 3 is 2.89 bits per heavy atom. The fraction of sp³-hybridized carbons (Fsp3) is 0.467. The molecule has 0 saturated heterocycles. The number of rotatable bonds is 3. The molecule has 0 aromatic heterocycles. The normalized spacial score (nSPS) is 18.6. The number of carbonyl (C=O) groups excluding carboxylic acids is 2. The zero-order valence-electron chi connectivity index (χ0n) is 11.6. The summed E-state index contributed by atoms with van der Waals surface area (Å²) in [4.78, 5) is 24.8. The molecule has 0 bridgehead atoms. The van der Waals surface area contributed by atoms with Gasteiger partial charge in [0.25, 0.3) is 0 Å². The number of nitrogens with zero attached hydrogens (tertiary/aromatic N) is 1. The standard InChI is InChI=1S/C15H19NO3/c1-10-9-19-14-7-6-12(5-4-11(2)17)8-13(14)16(3)15(10)18/h6-8,10H,4-5,9H2,1-3H3/t10-/m0/s1. The maximum atomic E-state index is 12.1. The Balaban J connectivity index is 2.28. The number of benzene rings is 1. The summed E-state index contributed by atoms with van der Waals surface area (Å²) in [6.45, 7) is 3.86. The largest absolute Gasteiger partial charge is 0.491 e. The van der Waals surface area contributed by atoms with Crippen LogP contribution >= 0.6 is 0 Å². The van der Waals surface area contributed by atoms with Gasteiger partial charge in [0.2, 0.25) is 5.91 Å².